The van der Waals surface area contributed by atoms with Crippen LogP contribution in [0.15, 0.2) is 60.8 Å². The number of allylic oxidation sites excluding steroid dienone is 1. The summed E-state index contributed by atoms with van der Waals surface area (Å²) in [6.45, 7) is 1.43. The van der Waals surface area contributed by atoms with Gasteiger partial charge in [-0.1, -0.05) is 29.8 Å². The quantitative estimate of drug-likeness (QED) is 0.397. The van der Waals surface area contributed by atoms with E-state index in [9.17, 15) is 14.4 Å². The molecule has 0 saturated carbocycles. The lowest BCUT2D eigenvalue weighted by Gasteiger charge is -2.39. The monoisotopic (exact) mass is 548 g/mol. The number of methoxy groups -OCH3 is 1. The highest BCUT2D eigenvalue weighted by Crippen LogP contribution is 2.33. The van der Waals surface area contributed by atoms with Gasteiger partial charge >= 0.3 is 6.09 Å². The van der Waals surface area contributed by atoms with Crippen molar-refractivity contribution >= 4 is 46.6 Å². The summed E-state index contributed by atoms with van der Waals surface area (Å²) in [7, 11) is 1.28. The topological polar surface area (TPSA) is 120 Å². The van der Waals surface area contributed by atoms with Crippen molar-refractivity contribution in [3.05, 3.63) is 71.7 Å². The van der Waals surface area contributed by atoms with Crippen LogP contribution in [0.3, 0.4) is 0 Å². The van der Waals surface area contributed by atoms with E-state index in [1.54, 1.807) is 24.4 Å². The highest BCUT2D eigenvalue weighted by atomic mass is 35.5. The minimum absolute atomic E-state index is 0.00216. The number of hydrogen-bond acceptors (Lipinski definition) is 6. The SMILES string of the molecule is COC(=O)Nc1ccc2c(c1)NC(=O)CC/C=C/C[C@H](N1CCN(c3cccc(Cl)c3)CC1=O)c1nc-2c[nH]1. The lowest BCUT2D eigenvalue weighted by atomic mass is 10.1. The molecule has 39 heavy (non-hydrogen) atoms. The number of hydrogen-bond donors (Lipinski definition) is 3. The van der Waals surface area contributed by atoms with E-state index < -0.39 is 6.09 Å². The van der Waals surface area contributed by atoms with E-state index in [0.29, 0.717) is 59.4 Å². The lowest BCUT2D eigenvalue weighted by molar-refractivity contribution is -0.133. The number of nitrogens with zero attached hydrogens (tertiary/aromatic N) is 3. The van der Waals surface area contributed by atoms with Crippen LogP contribution in [0.4, 0.5) is 21.9 Å². The summed E-state index contributed by atoms with van der Waals surface area (Å²) in [5.41, 5.74) is 3.20. The maximum absolute atomic E-state index is 13.4. The van der Waals surface area contributed by atoms with Crippen molar-refractivity contribution in [3.8, 4) is 11.3 Å². The molecule has 1 aromatic heterocycles. The van der Waals surface area contributed by atoms with Crippen LogP contribution in [0.5, 0.6) is 0 Å². The van der Waals surface area contributed by atoms with Crippen molar-refractivity contribution in [2.45, 2.75) is 25.3 Å². The Labute approximate surface area is 231 Å². The highest BCUT2D eigenvalue weighted by molar-refractivity contribution is 6.30. The fraction of sp³-hybridized carbons (Fsp3) is 0.286. The number of carbonyl (C=O) groups excluding carboxylic acids is 3. The molecular formula is C28H29ClN6O4. The van der Waals surface area contributed by atoms with Crippen LogP contribution in [0, 0.1) is 0 Å². The normalized spacial score (nSPS) is 18.7. The van der Waals surface area contributed by atoms with Gasteiger partial charge in [-0.3, -0.25) is 14.9 Å². The maximum atomic E-state index is 13.4. The summed E-state index contributed by atoms with van der Waals surface area (Å²) in [6.07, 6.45) is 6.51. The van der Waals surface area contributed by atoms with Gasteiger partial charge in [0.1, 0.15) is 5.82 Å². The number of ether oxygens (including phenoxy) is 1. The van der Waals surface area contributed by atoms with Crippen molar-refractivity contribution in [1.82, 2.24) is 14.9 Å². The molecule has 202 valence electrons. The number of H-pyrrole nitrogens is 1. The fourth-order valence-electron chi connectivity index (χ4n) is 4.83. The van der Waals surface area contributed by atoms with Crippen molar-refractivity contribution in [2.24, 2.45) is 0 Å². The van der Waals surface area contributed by atoms with Gasteiger partial charge < -0.3 is 24.8 Å². The number of benzene rings is 2. The zero-order valence-corrected chi connectivity index (χ0v) is 22.2. The molecule has 2 aliphatic rings. The van der Waals surface area contributed by atoms with Crippen LogP contribution in [-0.4, -0.2) is 59.5 Å². The summed E-state index contributed by atoms with van der Waals surface area (Å²) >= 11 is 6.17. The molecule has 3 heterocycles. The molecule has 0 unspecified atom stereocenters. The molecule has 11 heteroatoms. The molecule has 1 fully saturated rings. The van der Waals surface area contributed by atoms with E-state index in [-0.39, 0.29) is 30.8 Å². The number of aromatic nitrogens is 2. The average Bonchev–Trinajstić information content (AvgIpc) is 3.40. The number of rotatable bonds is 3. The zero-order chi connectivity index (χ0) is 27.4. The first-order chi connectivity index (χ1) is 18.9. The molecule has 3 N–H and O–H groups in total. The Morgan fingerprint density at radius 3 is 2.82 bits per heavy atom. The van der Waals surface area contributed by atoms with Crippen molar-refractivity contribution in [1.29, 1.82) is 0 Å². The smallest absolute Gasteiger partial charge is 0.411 e. The first-order valence-electron chi connectivity index (χ1n) is 12.7. The Hall–Kier alpha value is -4.31. The van der Waals surface area contributed by atoms with Crippen LogP contribution < -0.4 is 15.5 Å². The van der Waals surface area contributed by atoms with Gasteiger partial charge in [-0.25, -0.2) is 9.78 Å². The van der Waals surface area contributed by atoms with Crippen LogP contribution in [0.1, 0.15) is 31.1 Å². The van der Waals surface area contributed by atoms with Gasteiger partial charge in [-0.05, 0) is 49.2 Å². The van der Waals surface area contributed by atoms with Crippen molar-refractivity contribution in [3.63, 3.8) is 0 Å². The number of amides is 3. The number of imidazole rings is 1. The molecule has 3 aromatic rings. The third kappa shape index (κ3) is 6.06. The second kappa shape index (κ2) is 11.6. The number of halogens is 1. The summed E-state index contributed by atoms with van der Waals surface area (Å²) in [6, 6.07) is 12.4. The van der Waals surface area contributed by atoms with Crippen LogP contribution in [-0.2, 0) is 14.3 Å². The first kappa shape index (κ1) is 26.3. The molecule has 1 atom stereocenters. The molecule has 1 saturated heterocycles. The van der Waals surface area contributed by atoms with Gasteiger partial charge in [0.15, 0.2) is 0 Å². The summed E-state index contributed by atoms with van der Waals surface area (Å²) in [5, 5.41) is 6.19. The highest BCUT2D eigenvalue weighted by Gasteiger charge is 2.32. The van der Waals surface area contributed by atoms with Gasteiger partial charge in [0.25, 0.3) is 0 Å². The van der Waals surface area contributed by atoms with Crippen LogP contribution in [0.25, 0.3) is 11.3 Å². The number of piperazine rings is 1. The predicted octanol–water partition coefficient (Wildman–Crippen LogP) is 4.98. The molecule has 2 bridgehead atoms. The third-order valence-electron chi connectivity index (χ3n) is 6.79. The van der Waals surface area contributed by atoms with Gasteiger partial charge in [0.2, 0.25) is 11.8 Å². The third-order valence-corrected chi connectivity index (χ3v) is 7.02. The van der Waals surface area contributed by atoms with Crippen molar-refractivity contribution in [2.75, 3.05) is 42.3 Å². The van der Waals surface area contributed by atoms with Crippen LogP contribution >= 0.6 is 11.6 Å². The number of anilines is 3. The summed E-state index contributed by atoms with van der Waals surface area (Å²) in [4.78, 5) is 49.8. The Bertz CT molecular complexity index is 1420. The predicted molar refractivity (Wildman–Crippen MR) is 150 cm³/mol. The van der Waals surface area contributed by atoms with E-state index in [2.05, 4.69) is 20.4 Å². The largest absolute Gasteiger partial charge is 0.453 e. The standard InChI is InChI=1S/C28H29ClN6O4/c1-39-28(38)31-19-10-11-21-22(15-19)32-25(36)9-4-2-3-8-24(27-30-16-23(21)33-27)35-13-12-34(17-26(35)37)20-7-5-6-18(29)14-20/h2-3,5-7,10-11,14-16,24H,4,8-9,12-13,17H2,1H3,(H,30,33)(H,31,38)(H,32,36)/b3-2+/t24-/m0/s1. The van der Waals surface area contributed by atoms with E-state index >= 15 is 0 Å². The molecule has 5 rings (SSSR count). The zero-order valence-electron chi connectivity index (χ0n) is 21.4. The van der Waals surface area contributed by atoms with Gasteiger partial charge in [0.05, 0.1) is 31.1 Å². The van der Waals surface area contributed by atoms with Crippen molar-refractivity contribution < 1.29 is 19.1 Å². The average molecular weight is 549 g/mol. The maximum Gasteiger partial charge on any atom is 0.411 e. The number of carbonyl (C=O) groups is 3. The Morgan fingerprint density at radius 2 is 2.03 bits per heavy atom. The molecular weight excluding hydrogens is 520 g/mol. The second-order valence-corrected chi connectivity index (χ2v) is 9.78. The summed E-state index contributed by atoms with van der Waals surface area (Å²) in [5.74, 6) is 0.500. The number of fused-ring (bicyclic) bond motifs is 4. The molecule has 3 amide bonds. The van der Waals surface area contributed by atoms with Gasteiger partial charge in [-0.15, -0.1) is 0 Å². The fourth-order valence-corrected chi connectivity index (χ4v) is 5.01. The number of nitrogens with one attached hydrogen (secondary N) is 3. The van der Waals surface area contributed by atoms with E-state index in [4.69, 9.17) is 16.6 Å². The Balaban J connectivity index is 1.43. The lowest BCUT2D eigenvalue weighted by Crippen LogP contribution is -2.51. The molecule has 2 aromatic carbocycles. The first-order valence-corrected chi connectivity index (χ1v) is 13.1. The van der Waals surface area contributed by atoms with E-state index in [1.165, 1.54) is 7.11 Å². The molecule has 0 radical (unpaired) electrons. The second-order valence-electron chi connectivity index (χ2n) is 9.35. The summed E-state index contributed by atoms with van der Waals surface area (Å²) < 4.78 is 4.68. The minimum atomic E-state index is -0.610. The van der Waals surface area contributed by atoms with Gasteiger partial charge in [-0.2, -0.15) is 0 Å². The Morgan fingerprint density at radius 1 is 1.15 bits per heavy atom. The molecule has 0 aliphatic carbocycles. The van der Waals surface area contributed by atoms with Gasteiger partial charge in [0, 0.05) is 47.7 Å². The van der Waals surface area contributed by atoms with E-state index in [0.717, 1.165) is 5.69 Å². The molecule has 0 spiro atoms. The Kier molecular flexibility index (Phi) is 7.83. The molecule has 2 aliphatic heterocycles. The van der Waals surface area contributed by atoms with E-state index in [1.807, 2.05) is 46.2 Å². The molecule has 10 nitrogen and oxygen atoms in total. The minimum Gasteiger partial charge on any atom is -0.453 e. The van der Waals surface area contributed by atoms with Crippen LogP contribution in [0.2, 0.25) is 5.02 Å². The number of aromatic amines is 1.